The van der Waals surface area contributed by atoms with Gasteiger partial charge in [0.05, 0.1) is 35.9 Å². The number of benzene rings is 2. The summed E-state index contributed by atoms with van der Waals surface area (Å²) in [5, 5.41) is 11.9. The molecule has 10 heteroatoms. The Morgan fingerprint density at radius 1 is 1.18 bits per heavy atom. The van der Waals surface area contributed by atoms with Gasteiger partial charge in [0.2, 0.25) is 5.78 Å². The molecule has 3 heterocycles. The number of aromatic nitrogens is 1. The van der Waals surface area contributed by atoms with E-state index in [4.69, 9.17) is 13.9 Å². The fraction of sp³-hybridized carbons (Fsp3) is 0.214. The van der Waals surface area contributed by atoms with Crippen molar-refractivity contribution in [2.75, 3.05) is 18.6 Å². The number of nitrogens with zero attached hydrogens (tertiary/aromatic N) is 2. The Labute approximate surface area is 221 Å². The standard InChI is InChI=1S/C28H24N2O7S/c1-5-36-18-11-9-16(10-12-18)22-21(23(32)20-13-17-7-6-8-19(35-4)25(17)37-20)24(33)27(34)30(22)28-29-14(2)26(38-28)15(3)31/h6-13,22,33H,5H2,1-4H3. The number of aryl methyl sites for hydroxylation is 1. The summed E-state index contributed by atoms with van der Waals surface area (Å²) < 4.78 is 16.7. The molecule has 38 heavy (non-hydrogen) atoms. The number of carbonyl (C=O) groups is 3. The Morgan fingerprint density at radius 2 is 1.92 bits per heavy atom. The molecule has 1 aliphatic heterocycles. The minimum absolute atomic E-state index is 0.0589. The molecular weight excluding hydrogens is 508 g/mol. The molecule has 0 saturated heterocycles. The summed E-state index contributed by atoms with van der Waals surface area (Å²) in [5.41, 5.74) is 1.22. The van der Waals surface area contributed by atoms with Gasteiger partial charge in [-0.3, -0.25) is 19.3 Å². The lowest BCUT2D eigenvalue weighted by atomic mass is 9.95. The molecule has 0 aliphatic carbocycles. The number of Topliss-reactive ketones (excluding diaryl/α,β-unsaturated/α-hetero) is 2. The first-order chi connectivity index (χ1) is 18.2. The molecule has 4 aromatic rings. The maximum absolute atomic E-state index is 13.9. The predicted molar refractivity (Wildman–Crippen MR) is 141 cm³/mol. The molecular formula is C28H24N2O7S. The number of anilines is 1. The number of amides is 1. The quantitative estimate of drug-likeness (QED) is 0.292. The number of hydrogen-bond donors (Lipinski definition) is 1. The summed E-state index contributed by atoms with van der Waals surface area (Å²) in [6.45, 7) is 5.42. The summed E-state index contributed by atoms with van der Waals surface area (Å²) >= 11 is 1.03. The van der Waals surface area contributed by atoms with Crippen LogP contribution in [0, 0.1) is 6.92 Å². The van der Waals surface area contributed by atoms with E-state index < -0.39 is 23.5 Å². The third-order valence-corrected chi connectivity index (χ3v) is 7.48. The van der Waals surface area contributed by atoms with Gasteiger partial charge in [-0.1, -0.05) is 35.6 Å². The topological polar surface area (TPSA) is 119 Å². The Kier molecular flexibility index (Phi) is 6.50. The summed E-state index contributed by atoms with van der Waals surface area (Å²) in [6, 6.07) is 12.6. The number of hydrogen-bond acceptors (Lipinski definition) is 9. The van der Waals surface area contributed by atoms with Crippen LogP contribution in [0.1, 0.15) is 51.4 Å². The van der Waals surface area contributed by atoms with Crippen molar-refractivity contribution in [2.24, 2.45) is 0 Å². The van der Waals surface area contributed by atoms with Crippen LogP contribution in [0.5, 0.6) is 11.5 Å². The second-order valence-corrected chi connectivity index (χ2v) is 9.61. The van der Waals surface area contributed by atoms with Crippen LogP contribution < -0.4 is 14.4 Å². The molecule has 1 N–H and O–H groups in total. The second kappa shape index (κ2) is 9.79. The van der Waals surface area contributed by atoms with E-state index in [1.807, 2.05) is 6.92 Å². The van der Waals surface area contributed by atoms with Crippen molar-refractivity contribution in [1.29, 1.82) is 0 Å². The zero-order valence-corrected chi connectivity index (χ0v) is 21.9. The molecule has 0 bridgehead atoms. The SMILES string of the molecule is CCOc1ccc(C2C(C(=O)c3cc4cccc(OC)c4o3)=C(O)C(=O)N2c2nc(C)c(C(C)=O)s2)cc1. The maximum Gasteiger partial charge on any atom is 0.296 e. The van der Waals surface area contributed by atoms with Gasteiger partial charge in [0.15, 0.2) is 33.8 Å². The second-order valence-electron chi connectivity index (χ2n) is 8.63. The number of methoxy groups -OCH3 is 1. The van der Waals surface area contributed by atoms with E-state index in [1.165, 1.54) is 18.9 Å². The van der Waals surface area contributed by atoms with Crippen LogP contribution in [0.3, 0.4) is 0 Å². The molecule has 1 atom stereocenters. The van der Waals surface area contributed by atoms with Crippen LogP contribution in [-0.4, -0.2) is 41.3 Å². The fourth-order valence-corrected chi connectivity index (χ4v) is 5.51. The van der Waals surface area contributed by atoms with Crippen molar-refractivity contribution in [3.8, 4) is 11.5 Å². The number of thiazole rings is 1. The zero-order chi connectivity index (χ0) is 27.1. The zero-order valence-electron chi connectivity index (χ0n) is 21.1. The molecule has 194 valence electrons. The van der Waals surface area contributed by atoms with E-state index in [-0.39, 0.29) is 22.2 Å². The number of aliphatic hydroxyl groups excluding tert-OH is 1. The lowest BCUT2D eigenvalue weighted by molar-refractivity contribution is -0.117. The maximum atomic E-state index is 13.9. The first kappa shape index (κ1) is 25.2. The van der Waals surface area contributed by atoms with Gasteiger partial charge < -0.3 is 19.0 Å². The van der Waals surface area contributed by atoms with Crippen molar-refractivity contribution < 1.29 is 33.4 Å². The Bertz CT molecular complexity index is 1610. The van der Waals surface area contributed by atoms with E-state index >= 15 is 0 Å². The van der Waals surface area contributed by atoms with Gasteiger partial charge >= 0.3 is 0 Å². The van der Waals surface area contributed by atoms with E-state index in [0.29, 0.717) is 45.2 Å². The van der Waals surface area contributed by atoms with Gasteiger partial charge in [0, 0.05) is 12.3 Å². The monoisotopic (exact) mass is 532 g/mol. The highest BCUT2D eigenvalue weighted by Crippen LogP contribution is 2.44. The highest BCUT2D eigenvalue weighted by molar-refractivity contribution is 7.17. The molecule has 5 rings (SSSR count). The van der Waals surface area contributed by atoms with Gasteiger partial charge in [-0.25, -0.2) is 4.98 Å². The Morgan fingerprint density at radius 3 is 2.55 bits per heavy atom. The van der Waals surface area contributed by atoms with E-state index in [2.05, 4.69) is 4.98 Å². The summed E-state index contributed by atoms with van der Waals surface area (Å²) in [7, 11) is 1.49. The van der Waals surface area contributed by atoms with Crippen LogP contribution in [0.4, 0.5) is 5.13 Å². The van der Waals surface area contributed by atoms with Gasteiger partial charge in [0.1, 0.15) is 5.75 Å². The lowest BCUT2D eigenvalue weighted by Gasteiger charge is -2.24. The number of fused-ring (bicyclic) bond motifs is 1. The number of para-hydroxylation sites is 1. The van der Waals surface area contributed by atoms with Crippen molar-refractivity contribution in [3.63, 3.8) is 0 Å². The smallest absolute Gasteiger partial charge is 0.296 e. The molecule has 1 aliphatic rings. The van der Waals surface area contributed by atoms with Crippen LogP contribution in [0.2, 0.25) is 0 Å². The van der Waals surface area contributed by atoms with Crippen molar-refractivity contribution >= 4 is 44.9 Å². The van der Waals surface area contributed by atoms with Crippen molar-refractivity contribution in [2.45, 2.75) is 26.8 Å². The number of aliphatic hydroxyl groups is 1. The van der Waals surface area contributed by atoms with Crippen LogP contribution in [0.15, 0.2) is 64.3 Å². The lowest BCUT2D eigenvalue weighted by Crippen LogP contribution is -2.31. The minimum atomic E-state index is -1.02. The molecule has 9 nitrogen and oxygen atoms in total. The van der Waals surface area contributed by atoms with Crippen LogP contribution >= 0.6 is 11.3 Å². The predicted octanol–water partition coefficient (Wildman–Crippen LogP) is 5.59. The molecule has 0 fully saturated rings. The van der Waals surface area contributed by atoms with Crippen molar-refractivity contribution in [1.82, 2.24) is 4.98 Å². The van der Waals surface area contributed by atoms with Crippen LogP contribution in [-0.2, 0) is 4.79 Å². The van der Waals surface area contributed by atoms with Crippen LogP contribution in [0.25, 0.3) is 11.0 Å². The molecule has 1 amide bonds. The van der Waals surface area contributed by atoms with Gasteiger partial charge in [-0.05, 0) is 43.7 Å². The first-order valence-electron chi connectivity index (χ1n) is 11.8. The van der Waals surface area contributed by atoms with Gasteiger partial charge in [-0.15, -0.1) is 0 Å². The molecule has 2 aromatic carbocycles. The van der Waals surface area contributed by atoms with Gasteiger partial charge in [0.25, 0.3) is 5.91 Å². The summed E-state index contributed by atoms with van der Waals surface area (Å²) in [6.07, 6.45) is 0. The molecule has 0 radical (unpaired) electrons. The molecule has 1 unspecified atom stereocenters. The van der Waals surface area contributed by atoms with E-state index in [0.717, 1.165) is 11.3 Å². The summed E-state index contributed by atoms with van der Waals surface area (Å²) in [5.74, 6) is -1.36. The van der Waals surface area contributed by atoms with E-state index in [9.17, 15) is 19.5 Å². The highest BCUT2D eigenvalue weighted by atomic mass is 32.1. The molecule has 0 saturated carbocycles. The molecule has 0 spiro atoms. The number of carbonyl (C=O) groups excluding carboxylic acids is 3. The largest absolute Gasteiger partial charge is 0.503 e. The van der Waals surface area contributed by atoms with Gasteiger partial charge in [-0.2, -0.15) is 0 Å². The Balaban J connectivity index is 1.65. The number of ether oxygens (including phenoxy) is 2. The number of furan rings is 1. The number of rotatable bonds is 8. The Hall–Kier alpha value is -4.44. The number of ketones is 2. The molecule has 2 aromatic heterocycles. The fourth-order valence-electron chi connectivity index (χ4n) is 4.52. The average molecular weight is 533 g/mol. The first-order valence-corrected chi connectivity index (χ1v) is 12.7. The summed E-state index contributed by atoms with van der Waals surface area (Å²) in [4.78, 5) is 45.5. The third kappa shape index (κ3) is 4.12. The highest BCUT2D eigenvalue weighted by Gasteiger charge is 2.47. The average Bonchev–Trinajstić information content (AvgIpc) is 3.58. The minimum Gasteiger partial charge on any atom is -0.503 e. The normalized spacial score (nSPS) is 15.4. The van der Waals surface area contributed by atoms with Crippen molar-refractivity contribution in [3.05, 3.63) is 81.8 Å². The third-order valence-electron chi connectivity index (χ3n) is 6.22. The van der Waals surface area contributed by atoms with E-state index in [1.54, 1.807) is 55.5 Å².